The van der Waals surface area contributed by atoms with Crippen molar-refractivity contribution in [3.63, 3.8) is 0 Å². The lowest BCUT2D eigenvalue weighted by atomic mass is 9.93. The molecule has 6 fully saturated rings. The van der Waals surface area contributed by atoms with Gasteiger partial charge >= 0.3 is 0 Å². The van der Waals surface area contributed by atoms with E-state index in [-0.39, 0.29) is 50.3 Å². The van der Waals surface area contributed by atoms with Crippen LogP contribution < -0.4 is 20.1 Å². The normalized spacial score (nSPS) is 38.7. The first-order valence-electron chi connectivity index (χ1n) is 22.9. The Bertz CT molecular complexity index is 2050. The predicted molar refractivity (Wildman–Crippen MR) is 230 cm³/mol. The molecule has 0 spiro atoms. The van der Waals surface area contributed by atoms with Crippen LogP contribution in [0.25, 0.3) is 0 Å². The Kier molecular flexibility index (Phi) is 12.0. The topological polar surface area (TPSA) is 235 Å². The number of allylic oxidation sites excluding steroid dienone is 2. The second kappa shape index (κ2) is 16.5. The van der Waals surface area contributed by atoms with Crippen LogP contribution in [-0.4, -0.2) is 122 Å². The first-order valence-corrected chi connectivity index (χ1v) is 25.9. The lowest BCUT2D eigenvalue weighted by Gasteiger charge is -2.27. The predicted octanol–water partition coefficient (Wildman–Crippen LogP) is 1.94. The van der Waals surface area contributed by atoms with Crippen LogP contribution in [0.3, 0.4) is 0 Å². The van der Waals surface area contributed by atoms with Gasteiger partial charge in [-0.1, -0.05) is 24.3 Å². The van der Waals surface area contributed by atoms with Crippen molar-refractivity contribution >= 4 is 55.5 Å². The van der Waals surface area contributed by atoms with E-state index in [0.29, 0.717) is 64.5 Å². The molecule has 19 heteroatoms. The van der Waals surface area contributed by atoms with Crippen LogP contribution in [0.2, 0.25) is 0 Å². The fourth-order valence-electron chi connectivity index (χ4n) is 10.3. The minimum atomic E-state index is -3.99. The average Bonchev–Trinajstić information content (AvgIpc) is 4.18. The Morgan fingerprint density at radius 1 is 0.619 bits per heavy atom. The number of fused-ring (bicyclic) bond motifs is 4. The van der Waals surface area contributed by atoms with Gasteiger partial charge in [-0.25, -0.2) is 16.8 Å². The Balaban J connectivity index is 1.01. The summed E-state index contributed by atoms with van der Waals surface area (Å²) in [4.78, 5) is 87.9. The summed E-state index contributed by atoms with van der Waals surface area (Å²) in [6.07, 6.45) is 13.4. The van der Waals surface area contributed by atoms with Crippen LogP contribution in [0.1, 0.15) is 117 Å². The molecule has 10 unspecified atom stereocenters. The molecule has 0 aromatic carbocycles. The van der Waals surface area contributed by atoms with E-state index in [1.54, 1.807) is 37.7 Å². The summed E-state index contributed by atoms with van der Waals surface area (Å²) in [6, 6.07) is 0. The molecule has 2 heterocycles. The smallest absolute Gasteiger partial charge is 0.259 e. The summed E-state index contributed by atoms with van der Waals surface area (Å²) in [5, 5.41) is 5.83. The van der Waals surface area contributed by atoms with E-state index in [1.165, 1.54) is 0 Å². The number of carbonyl (C=O) groups excluding carboxylic acids is 6. The van der Waals surface area contributed by atoms with Gasteiger partial charge in [0.2, 0.25) is 43.7 Å². The van der Waals surface area contributed by atoms with Gasteiger partial charge in [-0.15, -0.1) is 0 Å². The van der Waals surface area contributed by atoms with Crippen LogP contribution in [0.15, 0.2) is 24.3 Å². The van der Waals surface area contributed by atoms with Crippen LogP contribution in [0, 0.1) is 35.5 Å². The zero-order valence-electron chi connectivity index (χ0n) is 36.9. The van der Waals surface area contributed by atoms with Crippen molar-refractivity contribution < 1.29 is 50.3 Å². The largest absolute Gasteiger partial charge is 0.375 e. The second-order valence-electron chi connectivity index (χ2n) is 20.4. The van der Waals surface area contributed by atoms with Crippen LogP contribution >= 0.6 is 0 Å². The quantitative estimate of drug-likeness (QED) is 0.257. The van der Waals surface area contributed by atoms with E-state index >= 15 is 0 Å². The third kappa shape index (κ3) is 8.83. The third-order valence-electron chi connectivity index (χ3n) is 15.6. The number of hydrogen-bond donors (Lipinski definition) is 4. The standard InChI is InChI=1S/C44H64N6O11S2/c1-41(15-16-41)62(57,58)47-39(55)43-25-27(43)13-9-5-7-11-19-49(3)37(53)33-23-29(21-31(33)35(51)45-43)61-30-22-32-34(24-30)38(54)50(4)20-12-8-6-10-14-28-26-44(28,46-36(32)52)40(56)48-63(59,60)42(2)17-18-42/h9-10,13-14,27-34H,5-8,11-12,15-26H2,1-4H3,(H,45,51)(H,46,52)(H,47,55)(H,48,56)/b13-9-,14-10-. The molecule has 0 saturated heterocycles. The number of nitrogens with zero attached hydrogens (tertiary/aromatic N) is 2. The number of ether oxygens (including phenoxy) is 1. The first-order chi connectivity index (χ1) is 29.6. The molecule has 10 atom stereocenters. The maximum atomic E-state index is 14.4. The van der Waals surface area contributed by atoms with Crippen molar-refractivity contribution in [2.45, 2.75) is 149 Å². The fourth-order valence-corrected chi connectivity index (χ4v) is 12.9. The van der Waals surface area contributed by atoms with Gasteiger partial charge in [0.1, 0.15) is 11.1 Å². The average molecular weight is 917 g/mol. The highest BCUT2D eigenvalue weighted by Crippen LogP contribution is 2.50. The molecule has 6 aliphatic carbocycles. The molecule has 8 rings (SSSR count). The second-order valence-corrected chi connectivity index (χ2v) is 24.8. The Labute approximate surface area is 370 Å². The van der Waals surface area contributed by atoms with Crippen LogP contribution in [0.5, 0.6) is 0 Å². The summed E-state index contributed by atoms with van der Waals surface area (Å²) in [5.74, 6) is -7.45. The zero-order chi connectivity index (χ0) is 45.3. The molecule has 2 aliphatic heterocycles. The molecule has 348 valence electrons. The monoisotopic (exact) mass is 916 g/mol. The van der Waals surface area contributed by atoms with E-state index < -0.39 is 112 Å². The number of nitrogens with one attached hydrogen (secondary N) is 4. The fraction of sp³-hybridized carbons (Fsp3) is 0.773. The lowest BCUT2D eigenvalue weighted by molar-refractivity contribution is -0.141. The molecular formula is C44H64N6O11S2. The highest BCUT2D eigenvalue weighted by molar-refractivity contribution is 7.92. The lowest BCUT2D eigenvalue weighted by Crippen LogP contribution is -2.55. The summed E-state index contributed by atoms with van der Waals surface area (Å²) in [5.41, 5.74) is -2.99. The molecule has 0 bridgehead atoms. The number of sulfonamides is 2. The summed E-state index contributed by atoms with van der Waals surface area (Å²) in [7, 11) is -4.59. The van der Waals surface area contributed by atoms with Gasteiger partial charge in [0.15, 0.2) is 0 Å². The van der Waals surface area contributed by atoms with Crippen molar-refractivity contribution in [2.24, 2.45) is 35.5 Å². The van der Waals surface area contributed by atoms with Gasteiger partial charge in [-0.05, 0) is 117 Å². The molecule has 4 N–H and O–H groups in total. The van der Waals surface area contributed by atoms with E-state index in [4.69, 9.17) is 4.74 Å². The van der Waals surface area contributed by atoms with E-state index in [9.17, 15) is 45.6 Å². The number of hydrogen-bond acceptors (Lipinski definition) is 11. The molecule has 6 amide bonds. The summed E-state index contributed by atoms with van der Waals surface area (Å²) in [6.45, 7) is 4.12. The maximum absolute atomic E-state index is 14.4. The van der Waals surface area contributed by atoms with Gasteiger partial charge in [-0.3, -0.25) is 38.2 Å². The molecule has 6 saturated carbocycles. The molecule has 63 heavy (non-hydrogen) atoms. The van der Waals surface area contributed by atoms with Crippen molar-refractivity contribution in [1.82, 2.24) is 29.9 Å². The van der Waals surface area contributed by atoms with Gasteiger partial charge in [0.05, 0.1) is 45.4 Å². The SMILES string of the molecule is CN1CCCC/C=C\C2CC2(C(=O)NS(=O)(=O)C2(C)CC2)NC(=O)C2CC(OC3CC4C(=O)NC5(C(=O)NS(=O)(=O)C6(C)CC6)CC5/C=C\CCCCN(C)C(=O)C4C3)CC2C1=O. The minimum Gasteiger partial charge on any atom is -0.375 e. The van der Waals surface area contributed by atoms with Crippen molar-refractivity contribution in [3.8, 4) is 0 Å². The molecule has 0 radical (unpaired) electrons. The first kappa shape index (κ1) is 45.7. The highest BCUT2D eigenvalue weighted by atomic mass is 32.2. The van der Waals surface area contributed by atoms with E-state index in [0.717, 1.165) is 12.8 Å². The number of amides is 6. The third-order valence-corrected chi connectivity index (χ3v) is 20.0. The van der Waals surface area contributed by atoms with Crippen LogP contribution in [0.4, 0.5) is 0 Å². The van der Waals surface area contributed by atoms with Gasteiger partial charge < -0.3 is 25.2 Å². The zero-order valence-corrected chi connectivity index (χ0v) is 38.5. The number of rotatable bonds is 8. The Hall–Kier alpha value is -3.84. The van der Waals surface area contributed by atoms with E-state index in [2.05, 4.69) is 20.1 Å². The molecule has 8 aliphatic rings. The van der Waals surface area contributed by atoms with Gasteiger partial charge in [0.25, 0.3) is 11.8 Å². The minimum absolute atomic E-state index is 0.112. The van der Waals surface area contributed by atoms with Gasteiger partial charge in [0, 0.05) is 39.0 Å². The van der Waals surface area contributed by atoms with E-state index in [1.807, 2.05) is 24.3 Å². The van der Waals surface area contributed by atoms with Gasteiger partial charge in [-0.2, -0.15) is 0 Å². The summed E-state index contributed by atoms with van der Waals surface area (Å²) >= 11 is 0. The van der Waals surface area contributed by atoms with Crippen molar-refractivity contribution in [3.05, 3.63) is 24.3 Å². The maximum Gasteiger partial charge on any atom is 0.259 e. The summed E-state index contributed by atoms with van der Waals surface area (Å²) < 4.78 is 61.7. The van der Waals surface area contributed by atoms with Crippen molar-refractivity contribution in [1.29, 1.82) is 0 Å². The highest BCUT2D eigenvalue weighted by Gasteiger charge is 2.65. The molecule has 0 aromatic rings. The van der Waals surface area contributed by atoms with Crippen LogP contribution in [-0.2, 0) is 53.6 Å². The Morgan fingerprint density at radius 2 is 0.984 bits per heavy atom. The number of carbonyl (C=O) groups is 6. The Morgan fingerprint density at radius 3 is 1.35 bits per heavy atom. The molecular weight excluding hydrogens is 853 g/mol. The molecule has 17 nitrogen and oxygen atoms in total. The molecule has 0 aromatic heterocycles. The van der Waals surface area contributed by atoms with Crippen molar-refractivity contribution in [2.75, 3.05) is 27.2 Å².